The number of anilines is 2. The predicted molar refractivity (Wildman–Crippen MR) is 131 cm³/mol. The molecule has 33 heavy (non-hydrogen) atoms. The monoisotopic (exact) mass is 445 g/mol. The van der Waals surface area contributed by atoms with Gasteiger partial charge in [-0.3, -0.25) is 0 Å². The fraction of sp³-hybridized carbons (Fsp3) is 0.346. The lowest BCUT2D eigenvalue weighted by molar-refractivity contribution is 0.208. The summed E-state index contributed by atoms with van der Waals surface area (Å²) in [5.74, 6) is 2.58. The fourth-order valence-corrected chi connectivity index (χ4v) is 4.18. The minimum atomic E-state index is -0.0613. The molecule has 3 aromatic rings. The first kappa shape index (κ1) is 22.6. The van der Waals surface area contributed by atoms with Crippen LogP contribution >= 0.6 is 0 Å². The van der Waals surface area contributed by atoms with Gasteiger partial charge in [-0.25, -0.2) is 14.8 Å². The molecule has 1 aromatic heterocycles. The summed E-state index contributed by atoms with van der Waals surface area (Å²) in [4.78, 5) is 26.3. The summed E-state index contributed by atoms with van der Waals surface area (Å²) in [5, 5.41) is 3.01. The molecule has 0 bridgehead atoms. The number of ether oxygens (including phenoxy) is 1. The molecule has 2 heterocycles. The molecule has 0 unspecified atom stereocenters. The van der Waals surface area contributed by atoms with Crippen LogP contribution in [-0.2, 0) is 6.42 Å². The number of nitrogens with zero attached hydrogens (tertiary/aromatic N) is 4. The first-order valence-corrected chi connectivity index (χ1v) is 11.3. The van der Waals surface area contributed by atoms with Crippen LogP contribution in [0.1, 0.15) is 28.2 Å². The zero-order valence-corrected chi connectivity index (χ0v) is 19.8. The van der Waals surface area contributed by atoms with Crippen LogP contribution in [0.4, 0.5) is 16.3 Å². The largest absolute Gasteiger partial charge is 0.497 e. The third kappa shape index (κ3) is 5.42. The SMILES string of the molecule is COc1ccc(Cc2c(C)nc(C)nc2N2CCN(C(=O)Nc3cccc(C)c3)CC2)cc1. The third-order valence-electron chi connectivity index (χ3n) is 5.98. The Labute approximate surface area is 195 Å². The average Bonchev–Trinajstić information content (AvgIpc) is 2.81. The van der Waals surface area contributed by atoms with Crippen molar-refractivity contribution in [3.8, 4) is 5.75 Å². The Bertz CT molecular complexity index is 1120. The molecular weight excluding hydrogens is 414 g/mol. The highest BCUT2D eigenvalue weighted by molar-refractivity contribution is 5.89. The topological polar surface area (TPSA) is 70.6 Å². The zero-order valence-electron chi connectivity index (χ0n) is 19.8. The summed E-state index contributed by atoms with van der Waals surface area (Å²) in [6.07, 6.45) is 0.750. The highest BCUT2D eigenvalue weighted by Crippen LogP contribution is 2.26. The van der Waals surface area contributed by atoms with Crippen molar-refractivity contribution in [2.45, 2.75) is 27.2 Å². The number of carbonyl (C=O) groups is 1. The Morgan fingerprint density at radius 3 is 2.39 bits per heavy atom. The maximum atomic E-state index is 12.8. The van der Waals surface area contributed by atoms with E-state index < -0.39 is 0 Å². The van der Waals surface area contributed by atoms with Crippen LogP contribution in [0.5, 0.6) is 5.75 Å². The Hall–Kier alpha value is -3.61. The summed E-state index contributed by atoms with van der Waals surface area (Å²) in [7, 11) is 1.67. The number of hydrogen-bond acceptors (Lipinski definition) is 5. The Morgan fingerprint density at radius 1 is 1.00 bits per heavy atom. The number of carbonyl (C=O) groups excluding carboxylic acids is 1. The van der Waals surface area contributed by atoms with Crippen LogP contribution in [0.2, 0.25) is 0 Å². The summed E-state index contributed by atoms with van der Waals surface area (Å²) in [6.45, 7) is 8.73. The highest BCUT2D eigenvalue weighted by atomic mass is 16.5. The number of urea groups is 1. The molecule has 0 aliphatic carbocycles. The normalized spacial score (nSPS) is 13.7. The van der Waals surface area contributed by atoms with Gasteiger partial charge in [0.1, 0.15) is 17.4 Å². The minimum Gasteiger partial charge on any atom is -0.497 e. The maximum absolute atomic E-state index is 12.8. The molecule has 4 rings (SSSR count). The number of rotatable bonds is 5. The van der Waals surface area contributed by atoms with Gasteiger partial charge in [-0.1, -0.05) is 24.3 Å². The van der Waals surface area contributed by atoms with E-state index in [2.05, 4.69) is 27.3 Å². The number of nitrogens with one attached hydrogen (secondary N) is 1. The average molecular weight is 446 g/mol. The Kier molecular flexibility index (Phi) is 6.77. The van der Waals surface area contributed by atoms with Crippen LogP contribution in [-0.4, -0.2) is 54.2 Å². The standard InChI is InChI=1S/C26H31N5O2/c1-18-6-5-7-22(16-18)29-26(32)31-14-12-30(13-15-31)25-24(19(2)27-20(3)28-25)17-21-8-10-23(33-4)11-9-21/h5-11,16H,12-15,17H2,1-4H3,(H,29,32). The highest BCUT2D eigenvalue weighted by Gasteiger charge is 2.25. The van der Waals surface area contributed by atoms with Crippen molar-refractivity contribution in [1.82, 2.24) is 14.9 Å². The van der Waals surface area contributed by atoms with Gasteiger partial charge < -0.3 is 19.9 Å². The second kappa shape index (κ2) is 9.90. The van der Waals surface area contributed by atoms with Crippen LogP contribution in [0.25, 0.3) is 0 Å². The van der Waals surface area contributed by atoms with Gasteiger partial charge in [0.15, 0.2) is 0 Å². The third-order valence-corrected chi connectivity index (χ3v) is 5.98. The van der Waals surface area contributed by atoms with E-state index in [1.807, 2.05) is 62.1 Å². The van der Waals surface area contributed by atoms with Crippen LogP contribution in [0.15, 0.2) is 48.5 Å². The number of amides is 2. The van der Waals surface area contributed by atoms with Gasteiger partial charge in [0.2, 0.25) is 0 Å². The molecule has 1 saturated heterocycles. The fourth-order valence-electron chi connectivity index (χ4n) is 4.18. The van der Waals surface area contributed by atoms with Gasteiger partial charge in [-0.05, 0) is 56.2 Å². The van der Waals surface area contributed by atoms with Gasteiger partial charge in [0, 0.05) is 49.5 Å². The van der Waals surface area contributed by atoms with Gasteiger partial charge in [0.25, 0.3) is 0 Å². The number of piperazine rings is 1. The lowest BCUT2D eigenvalue weighted by Crippen LogP contribution is -2.50. The van der Waals surface area contributed by atoms with Crippen molar-refractivity contribution in [1.29, 1.82) is 0 Å². The Balaban J connectivity index is 1.46. The predicted octanol–water partition coefficient (Wildman–Crippen LogP) is 4.36. The molecule has 1 N–H and O–H groups in total. The van der Waals surface area contributed by atoms with Crippen molar-refractivity contribution in [2.75, 3.05) is 43.5 Å². The summed E-state index contributed by atoms with van der Waals surface area (Å²) in [6, 6.07) is 15.9. The molecule has 2 aromatic carbocycles. The second-order valence-corrected chi connectivity index (χ2v) is 8.46. The van der Waals surface area contributed by atoms with E-state index in [0.717, 1.165) is 59.4 Å². The van der Waals surface area contributed by atoms with Crippen LogP contribution < -0.4 is 15.0 Å². The van der Waals surface area contributed by atoms with Crippen molar-refractivity contribution >= 4 is 17.5 Å². The summed E-state index contributed by atoms with van der Waals surface area (Å²) >= 11 is 0. The van der Waals surface area contributed by atoms with Crippen molar-refractivity contribution in [3.05, 3.63) is 76.7 Å². The van der Waals surface area contributed by atoms with E-state index in [0.29, 0.717) is 13.1 Å². The number of hydrogen-bond donors (Lipinski definition) is 1. The number of methoxy groups -OCH3 is 1. The maximum Gasteiger partial charge on any atom is 0.321 e. The number of aryl methyl sites for hydroxylation is 3. The first-order chi connectivity index (χ1) is 15.9. The van der Waals surface area contributed by atoms with Crippen molar-refractivity contribution < 1.29 is 9.53 Å². The van der Waals surface area contributed by atoms with Crippen LogP contribution in [0, 0.1) is 20.8 Å². The quantitative estimate of drug-likeness (QED) is 0.632. The van der Waals surface area contributed by atoms with Crippen molar-refractivity contribution in [2.24, 2.45) is 0 Å². The lowest BCUT2D eigenvalue weighted by Gasteiger charge is -2.36. The molecule has 0 radical (unpaired) electrons. The van der Waals surface area contributed by atoms with Gasteiger partial charge in [-0.2, -0.15) is 0 Å². The molecule has 0 atom stereocenters. The van der Waals surface area contributed by atoms with Crippen molar-refractivity contribution in [3.63, 3.8) is 0 Å². The molecule has 1 aliphatic heterocycles. The molecule has 172 valence electrons. The molecule has 7 heteroatoms. The van der Waals surface area contributed by atoms with E-state index in [4.69, 9.17) is 9.72 Å². The molecule has 0 saturated carbocycles. The number of aromatic nitrogens is 2. The molecule has 7 nitrogen and oxygen atoms in total. The van der Waals surface area contributed by atoms with Gasteiger partial charge in [-0.15, -0.1) is 0 Å². The van der Waals surface area contributed by atoms with E-state index in [9.17, 15) is 4.79 Å². The summed E-state index contributed by atoms with van der Waals surface area (Å²) in [5.41, 5.74) is 5.25. The van der Waals surface area contributed by atoms with E-state index in [-0.39, 0.29) is 6.03 Å². The zero-order chi connectivity index (χ0) is 23.4. The summed E-state index contributed by atoms with van der Waals surface area (Å²) < 4.78 is 5.28. The number of benzene rings is 2. The second-order valence-electron chi connectivity index (χ2n) is 8.46. The van der Waals surface area contributed by atoms with E-state index >= 15 is 0 Å². The van der Waals surface area contributed by atoms with E-state index in [1.54, 1.807) is 7.11 Å². The minimum absolute atomic E-state index is 0.0613. The smallest absolute Gasteiger partial charge is 0.321 e. The molecule has 0 spiro atoms. The molecule has 2 amide bonds. The Morgan fingerprint density at radius 2 is 1.73 bits per heavy atom. The van der Waals surface area contributed by atoms with E-state index in [1.165, 1.54) is 5.56 Å². The lowest BCUT2D eigenvalue weighted by atomic mass is 10.0. The molecule has 1 aliphatic rings. The molecular formula is C26H31N5O2. The first-order valence-electron chi connectivity index (χ1n) is 11.3. The molecule has 1 fully saturated rings. The van der Waals surface area contributed by atoms with Crippen LogP contribution in [0.3, 0.4) is 0 Å². The van der Waals surface area contributed by atoms with Gasteiger partial charge in [0.05, 0.1) is 7.11 Å². The van der Waals surface area contributed by atoms with Gasteiger partial charge >= 0.3 is 6.03 Å².